The zero-order chi connectivity index (χ0) is 14.5. The van der Waals surface area contributed by atoms with Gasteiger partial charge in [0.25, 0.3) is 0 Å². The van der Waals surface area contributed by atoms with Crippen molar-refractivity contribution in [2.24, 2.45) is 5.73 Å². The highest BCUT2D eigenvalue weighted by atomic mass is 19.2. The minimum atomic E-state index is -0.817. The van der Waals surface area contributed by atoms with Crippen molar-refractivity contribution < 1.29 is 8.78 Å². The summed E-state index contributed by atoms with van der Waals surface area (Å²) in [6, 6.07) is 12.1. The normalized spacial score (nSPS) is 12.4. The number of rotatable bonds is 5. The summed E-state index contributed by atoms with van der Waals surface area (Å²) < 4.78 is 26.0. The topological polar surface area (TPSA) is 26.0 Å². The van der Waals surface area contributed by atoms with Gasteiger partial charge in [-0.1, -0.05) is 30.3 Å². The van der Waals surface area contributed by atoms with Gasteiger partial charge in [-0.15, -0.1) is 0 Å². The van der Waals surface area contributed by atoms with Crippen LogP contribution in [0.5, 0.6) is 0 Å². The lowest BCUT2D eigenvalue weighted by Gasteiger charge is -2.13. The number of nitrogens with two attached hydrogens (primary N) is 1. The van der Waals surface area contributed by atoms with Gasteiger partial charge in [-0.25, -0.2) is 8.78 Å². The molecule has 0 aliphatic rings. The van der Waals surface area contributed by atoms with E-state index in [4.69, 9.17) is 5.73 Å². The molecule has 0 saturated heterocycles. The average molecular weight is 275 g/mol. The van der Waals surface area contributed by atoms with E-state index in [1.807, 2.05) is 12.1 Å². The summed E-state index contributed by atoms with van der Waals surface area (Å²) in [7, 11) is 0. The van der Waals surface area contributed by atoms with Crippen LogP contribution in [0, 0.1) is 18.6 Å². The minimum absolute atomic E-state index is 0.0560. The van der Waals surface area contributed by atoms with E-state index < -0.39 is 11.6 Å². The van der Waals surface area contributed by atoms with Crippen LogP contribution < -0.4 is 5.73 Å². The second kappa shape index (κ2) is 6.62. The maximum Gasteiger partial charge on any atom is 0.159 e. The molecule has 20 heavy (non-hydrogen) atoms. The van der Waals surface area contributed by atoms with Crippen molar-refractivity contribution in [2.75, 3.05) is 0 Å². The van der Waals surface area contributed by atoms with Crippen molar-refractivity contribution in [1.82, 2.24) is 0 Å². The molecule has 0 aromatic heterocycles. The molecule has 2 N–H and O–H groups in total. The molecule has 1 unspecified atom stereocenters. The Hall–Kier alpha value is -1.74. The molecule has 2 aromatic carbocycles. The lowest BCUT2D eigenvalue weighted by atomic mass is 9.97. The van der Waals surface area contributed by atoms with Gasteiger partial charge in [0.1, 0.15) is 0 Å². The SMILES string of the molecule is Cc1ccccc1CCC(N)Cc1ccc(F)c(F)c1. The van der Waals surface area contributed by atoms with Gasteiger partial charge in [-0.05, 0) is 55.0 Å². The molecule has 0 aliphatic heterocycles. The third-order valence-corrected chi connectivity index (χ3v) is 3.53. The molecule has 3 heteroatoms. The van der Waals surface area contributed by atoms with E-state index in [2.05, 4.69) is 19.1 Å². The Morgan fingerprint density at radius 1 is 1.05 bits per heavy atom. The van der Waals surface area contributed by atoms with Gasteiger partial charge in [0.15, 0.2) is 11.6 Å². The number of hydrogen-bond acceptors (Lipinski definition) is 1. The molecule has 106 valence electrons. The van der Waals surface area contributed by atoms with Crippen LogP contribution in [0.1, 0.15) is 23.1 Å². The fraction of sp³-hybridized carbons (Fsp3) is 0.294. The first kappa shape index (κ1) is 14.7. The van der Waals surface area contributed by atoms with E-state index in [0.717, 1.165) is 24.5 Å². The van der Waals surface area contributed by atoms with Crippen LogP contribution in [0.4, 0.5) is 8.78 Å². The van der Waals surface area contributed by atoms with Crippen LogP contribution in [0.3, 0.4) is 0 Å². The standard InChI is InChI=1S/C17H19F2N/c1-12-4-2-3-5-14(12)7-8-15(20)10-13-6-9-16(18)17(19)11-13/h2-6,9,11,15H,7-8,10,20H2,1H3. The van der Waals surface area contributed by atoms with Gasteiger partial charge in [-0.3, -0.25) is 0 Å². The van der Waals surface area contributed by atoms with Gasteiger partial charge in [-0.2, -0.15) is 0 Å². The van der Waals surface area contributed by atoms with E-state index >= 15 is 0 Å². The van der Waals surface area contributed by atoms with Gasteiger partial charge in [0, 0.05) is 6.04 Å². The molecule has 0 fully saturated rings. The maximum absolute atomic E-state index is 13.1. The number of hydrogen-bond donors (Lipinski definition) is 1. The zero-order valence-corrected chi connectivity index (χ0v) is 11.6. The fourth-order valence-electron chi connectivity index (χ4n) is 2.30. The molecule has 2 rings (SSSR count). The van der Waals surface area contributed by atoms with Crippen molar-refractivity contribution >= 4 is 0 Å². The van der Waals surface area contributed by atoms with E-state index in [-0.39, 0.29) is 6.04 Å². The second-order valence-electron chi connectivity index (χ2n) is 5.18. The number of benzene rings is 2. The van der Waals surface area contributed by atoms with E-state index in [1.54, 1.807) is 6.07 Å². The van der Waals surface area contributed by atoms with Crippen molar-refractivity contribution in [2.45, 2.75) is 32.2 Å². The molecule has 0 aliphatic carbocycles. The molecular weight excluding hydrogens is 256 g/mol. The summed E-state index contributed by atoms with van der Waals surface area (Å²) in [4.78, 5) is 0. The van der Waals surface area contributed by atoms with E-state index in [1.165, 1.54) is 17.2 Å². The first-order valence-corrected chi connectivity index (χ1v) is 6.80. The Labute approximate surface area is 118 Å². The Bertz CT molecular complexity index is 581. The Morgan fingerprint density at radius 3 is 2.50 bits per heavy atom. The van der Waals surface area contributed by atoms with E-state index in [9.17, 15) is 8.78 Å². The molecule has 0 heterocycles. The first-order chi connectivity index (χ1) is 9.56. The zero-order valence-electron chi connectivity index (χ0n) is 11.6. The first-order valence-electron chi connectivity index (χ1n) is 6.80. The van der Waals surface area contributed by atoms with Gasteiger partial charge < -0.3 is 5.73 Å². The largest absolute Gasteiger partial charge is 0.327 e. The molecule has 0 amide bonds. The van der Waals surface area contributed by atoms with Gasteiger partial charge >= 0.3 is 0 Å². The van der Waals surface area contributed by atoms with Crippen LogP contribution in [0.2, 0.25) is 0 Å². The summed E-state index contributed by atoms with van der Waals surface area (Å²) in [5, 5.41) is 0. The highest BCUT2D eigenvalue weighted by molar-refractivity contribution is 5.26. The summed E-state index contributed by atoms with van der Waals surface area (Å²) in [5.41, 5.74) is 9.36. The smallest absolute Gasteiger partial charge is 0.159 e. The van der Waals surface area contributed by atoms with Crippen molar-refractivity contribution in [1.29, 1.82) is 0 Å². The Balaban J connectivity index is 1.91. The molecule has 0 radical (unpaired) electrons. The van der Waals surface area contributed by atoms with Crippen molar-refractivity contribution in [3.05, 3.63) is 70.8 Å². The quantitative estimate of drug-likeness (QED) is 0.883. The van der Waals surface area contributed by atoms with Crippen LogP contribution in [-0.4, -0.2) is 6.04 Å². The van der Waals surface area contributed by atoms with Gasteiger partial charge in [0.05, 0.1) is 0 Å². The highest BCUT2D eigenvalue weighted by Crippen LogP contribution is 2.14. The van der Waals surface area contributed by atoms with E-state index in [0.29, 0.717) is 6.42 Å². The summed E-state index contributed by atoms with van der Waals surface area (Å²) in [5.74, 6) is -1.63. The number of aryl methyl sites for hydroxylation is 2. The lowest BCUT2D eigenvalue weighted by molar-refractivity contribution is 0.505. The van der Waals surface area contributed by atoms with Crippen LogP contribution in [0.15, 0.2) is 42.5 Å². The molecule has 1 nitrogen and oxygen atoms in total. The summed E-state index contributed by atoms with van der Waals surface area (Å²) in [6.45, 7) is 2.08. The van der Waals surface area contributed by atoms with Crippen LogP contribution in [0.25, 0.3) is 0 Å². The predicted molar refractivity (Wildman–Crippen MR) is 77.5 cm³/mol. The maximum atomic E-state index is 13.1. The Morgan fingerprint density at radius 2 is 1.80 bits per heavy atom. The average Bonchev–Trinajstić information content (AvgIpc) is 2.42. The van der Waals surface area contributed by atoms with Gasteiger partial charge in [0.2, 0.25) is 0 Å². The van der Waals surface area contributed by atoms with Crippen molar-refractivity contribution in [3.63, 3.8) is 0 Å². The fourth-order valence-corrected chi connectivity index (χ4v) is 2.30. The summed E-state index contributed by atoms with van der Waals surface area (Å²) in [6.07, 6.45) is 2.28. The highest BCUT2D eigenvalue weighted by Gasteiger charge is 2.08. The minimum Gasteiger partial charge on any atom is -0.327 e. The molecule has 0 spiro atoms. The molecule has 1 atom stereocenters. The summed E-state index contributed by atoms with van der Waals surface area (Å²) >= 11 is 0. The van der Waals surface area contributed by atoms with Crippen molar-refractivity contribution in [3.8, 4) is 0 Å². The van der Waals surface area contributed by atoms with Crippen LogP contribution in [-0.2, 0) is 12.8 Å². The predicted octanol–water partition coefficient (Wildman–Crippen LogP) is 3.78. The lowest BCUT2D eigenvalue weighted by Crippen LogP contribution is -2.23. The molecule has 0 saturated carbocycles. The molecule has 0 bridgehead atoms. The third-order valence-electron chi connectivity index (χ3n) is 3.53. The monoisotopic (exact) mass is 275 g/mol. The molecular formula is C17H19F2N. The second-order valence-corrected chi connectivity index (χ2v) is 5.18. The third kappa shape index (κ3) is 3.87. The molecule has 2 aromatic rings. The Kier molecular flexibility index (Phi) is 4.85. The van der Waals surface area contributed by atoms with Crippen LogP contribution >= 0.6 is 0 Å². The number of halogens is 2.